The summed E-state index contributed by atoms with van der Waals surface area (Å²) >= 11 is 1.03. The van der Waals surface area contributed by atoms with Gasteiger partial charge >= 0.3 is 0 Å². The molecule has 7 fully saturated rings. The molecule has 7 saturated heterocycles. The number of thioether (sulfide) groups is 1. The molecule has 0 saturated carbocycles. The lowest BCUT2D eigenvalue weighted by Crippen LogP contribution is -2.67. The van der Waals surface area contributed by atoms with Gasteiger partial charge in [0.05, 0.1) is 44.9 Å². The second-order valence-electron chi connectivity index (χ2n) is 18.3. The quantitative estimate of drug-likeness (QED) is 0.0689. The molecule has 0 aliphatic carbocycles. The van der Waals surface area contributed by atoms with Gasteiger partial charge in [-0.05, 0) is 12.1 Å². The Hall–Kier alpha value is -1.59. The summed E-state index contributed by atoms with van der Waals surface area (Å²) in [6.45, 7) is -4.39. The van der Waals surface area contributed by atoms with Crippen LogP contribution < -0.4 is 0 Å². The second kappa shape index (κ2) is 24.4. The van der Waals surface area contributed by atoms with E-state index in [1.807, 2.05) is 0 Å². The van der Waals surface area contributed by atoms with Crippen LogP contribution >= 0.6 is 11.8 Å². The van der Waals surface area contributed by atoms with E-state index in [0.717, 1.165) is 11.8 Å². The summed E-state index contributed by atoms with van der Waals surface area (Å²) in [6.07, 6.45) is -48.3. The molecule has 30 heteroatoms. The van der Waals surface area contributed by atoms with Gasteiger partial charge in [0, 0.05) is 4.90 Å². The topological polar surface area (TPSA) is 455 Å². The number of ether oxygens (including phenoxy) is 12. The molecule has 30 atom stereocenters. The molecule has 7 aliphatic heterocycles. The van der Waals surface area contributed by atoms with Crippen molar-refractivity contribution in [3.63, 3.8) is 0 Å². The predicted octanol–water partition coefficient (Wildman–Crippen LogP) is -10.3. The van der Waals surface area contributed by atoms with Crippen molar-refractivity contribution < 1.29 is 144 Å². The van der Waals surface area contributed by atoms with Crippen molar-refractivity contribution in [3.8, 4) is 0 Å². The Morgan fingerprint density at radius 3 is 1.31 bits per heavy atom. The van der Waals surface area contributed by atoms with Crippen molar-refractivity contribution in [2.75, 3.05) is 39.6 Å². The summed E-state index contributed by atoms with van der Waals surface area (Å²) in [7, 11) is 0. The van der Waals surface area contributed by atoms with E-state index in [2.05, 4.69) is 0 Å². The molecule has 1 unspecified atom stereocenters. The van der Waals surface area contributed by atoms with Gasteiger partial charge in [0.25, 0.3) is 0 Å². The summed E-state index contributed by atoms with van der Waals surface area (Å²) in [5, 5.41) is 180. The summed E-state index contributed by atoms with van der Waals surface area (Å²) < 4.78 is 69.2. The monoisotopic (exact) mass is 1060 g/mol. The fourth-order valence-electron chi connectivity index (χ4n) is 9.67. The number of rotatable bonds is 17. The molecule has 0 aromatic heterocycles. The van der Waals surface area contributed by atoms with Crippen molar-refractivity contribution in [1.29, 1.82) is 0 Å². The van der Waals surface area contributed by atoms with Gasteiger partial charge in [0.2, 0.25) is 0 Å². The average Bonchev–Trinajstić information content (AvgIpc) is 3.69. The van der Waals surface area contributed by atoms with Crippen molar-refractivity contribution in [1.82, 2.24) is 0 Å². The third-order valence-electron chi connectivity index (χ3n) is 13.7. The molecule has 0 amide bonds. The maximum Gasteiger partial charge on any atom is 0.187 e. The van der Waals surface area contributed by atoms with Crippen LogP contribution in [0, 0.1) is 0 Å². The van der Waals surface area contributed by atoms with E-state index in [-0.39, 0.29) is 6.61 Å². The van der Waals surface area contributed by atoms with Crippen LogP contribution in [-0.2, 0) is 56.8 Å². The summed E-state index contributed by atoms with van der Waals surface area (Å²) in [4.78, 5) is 0.573. The summed E-state index contributed by atoms with van der Waals surface area (Å²) in [5.74, 6) is 0. The van der Waals surface area contributed by atoms with Gasteiger partial charge in [-0.15, -0.1) is 11.8 Å². The van der Waals surface area contributed by atoms with Crippen molar-refractivity contribution in [2.45, 2.75) is 188 Å². The van der Waals surface area contributed by atoms with Crippen molar-refractivity contribution >= 4 is 11.8 Å². The van der Waals surface area contributed by atoms with Gasteiger partial charge in [-0.2, -0.15) is 0 Å². The predicted molar refractivity (Wildman–Crippen MR) is 226 cm³/mol. The lowest BCUT2D eigenvalue weighted by molar-refractivity contribution is -0.382. The number of fused-ring (bicyclic) bond motifs is 2. The van der Waals surface area contributed by atoms with Crippen LogP contribution in [0.4, 0.5) is 0 Å². The first-order valence-electron chi connectivity index (χ1n) is 23.2. The van der Waals surface area contributed by atoms with Gasteiger partial charge < -0.3 is 144 Å². The van der Waals surface area contributed by atoms with Gasteiger partial charge in [-0.1, -0.05) is 18.2 Å². The summed E-state index contributed by atoms with van der Waals surface area (Å²) in [6, 6.07) is 8.53. The van der Waals surface area contributed by atoms with Crippen LogP contribution in [0.15, 0.2) is 35.2 Å². The molecule has 412 valence electrons. The standard InChI is InChI=1S/C42H64O29S/c43-6-13-19(48)20(49)25(54)38(62-13)71-34-17(10-47)65-42(29(58)36(34)72-12-4-2-1-3-5-12)69-32-16(9-46)64-40(27(56)23(32)52)70-33-18-11-60-35(33)28(57)41(66-18)68-31-15(8-45)63-39(26(55)22(31)51)67-30-14(7-44)61-37(59)24(53)21(30)50/h1-5,13-59H,6-11H2/t13-,14-,15-,16-,17-,18-,19-,20+,21-,22-,23-,24-,25-,26-,27-,28-,29+,30-,31-,32-,33-,34-,35-,36+,37?,38-,39-,40-,41-,42-/m1/s1. The van der Waals surface area contributed by atoms with Gasteiger partial charge in [0.15, 0.2) is 37.7 Å². The molecule has 1 aromatic carbocycles. The molecule has 17 N–H and O–H groups in total. The Bertz CT molecular complexity index is 1830. The highest BCUT2D eigenvalue weighted by atomic mass is 32.2. The number of hydrogen-bond donors (Lipinski definition) is 17. The highest BCUT2D eigenvalue weighted by Gasteiger charge is 2.59. The third kappa shape index (κ3) is 11.4. The van der Waals surface area contributed by atoms with E-state index in [9.17, 15) is 86.8 Å². The minimum Gasteiger partial charge on any atom is -0.394 e. The second-order valence-corrected chi connectivity index (χ2v) is 19.5. The average molecular weight is 1070 g/mol. The fraction of sp³-hybridized carbons (Fsp3) is 0.857. The number of benzene rings is 1. The van der Waals surface area contributed by atoms with Crippen molar-refractivity contribution in [2.24, 2.45) is 0 Å². The molecule has 2 bridgehead atoms. The first-order chi connectivity index (χ1) is 34.4. The fourth-order valence-corrected chi connectivity index (χ4v) is 10.9. The van der Waals surface area contributed by atoms with Gasteiger partial charge in [-0.3, -0.25) is 0 Å². The van der Waals surface area contributed by atoms with Crippen LogP contribution in [0.2, 0.25) is 0 Å². The van der Waals surface area contributed by atoms with E-state index >= 15 is 0 Å². The SMILES string of the molecule is OC[C@H]1O[C@H](O[C@H]2[C@@H](Sc3ccccc3)[C@H](O)[C@@H](O[C@H]3[C@H](O)[C@@H](O)[C@@H](O[C@H]4[C@@H]5OC[C@H]4O[C@H](O[C@H]4[C@H](O)[C@@H](O)[C@@H](O[C@H]6[C@H](O)[C@@H](O)C(O)O[C@@H]6CO)O[C@@H]4CO)[C@@H]5O)O[C@@H]3CO)O[C@@H]2CO)[C@H](O)[C@@H](O)[C@@H]1O. The number of aliphatic hydroxyl groups excluding tert-OH is 17. The first kappa shape index (κ1) is 56.6. The van der Waals surface area contributed by atoms with Crippen LogP contribution in [0.1, 0.15) is 0 Å². The van der Waals surface area contributed by atoms with Gasteiger partial charge in [-0.25, -0.2) is 0 Å². The summed E-state index contributed by atoms with van der Waals surface area (Å²) in [5.41, 5.74) is 0. The minimum atomic E-state index is -1.99. The molecule has 0 radical (unpaired) electrons. The molecule has 72 heavy (non-hydrogen) atoms. The number of hydrogen-bond acceptors (Lipinski definition) is 30. The Morgan fingerprint density at radius 1 is 0.389 bits per heavy atom. The lowest BCUT2D eigenvalue weighted by Gasteiger charge is -2.49. The Morgan fingerprint density at radius 2 is 0.792 bits per heavy atom. The molecular formula is C42H64O29S. The molecule has 0 spiro atoms. The van der Waals surface area contributed by atoms with Gasteiger partial charge in [0.1, 0.15) is 140 Å². The Balaban J connectivity index is 0.906. The first-order valence-corrected chi connectivity index (χ1v) is 24.1. The highest BCUT2D eigenvalue weighted by molar-refractivity contribution is 8.00. The highest BCUT2D eigenvalue weighted by Crippen LogP contribution is 2.41. The molecule has 7 aliphatic rings. The van der Waals surface area contributed by atoms with Crippen LogP contribution in [0.25, 0.3) is 0 Å². The van der Waals surface area contributed by atoms with E-state index in [0.29, 0.717) is 4.90 Å². The van der Waals surface area contributed by atoms with E-state index in [1.54, 1.807) is 30.3 Å². The maximum absolute atomic E-state index is 11.9. The van der Waals surface area contributed by atoms with E-state index in [1.165, 1.54) is 0 Å². The number of aliphatic hydroxyl groups is 17. The third-order valence-corrected chi connectivity index (χ3v) is 15.0. The minimum absolute atomic E-state index is 0.247. The molecular weight excluding hydrogens is 1000 g/mol. The van der Waals surface area contributed by atoms with Crippen LogP contribution in [0.5, 0.6) is 0 Å². The van der Waals surface area contributed by atoms with E-state index < -0.39 is 216 Å². The van der Waals surface area contributed by atoms with E-state index in [4.69, 9.17) is 56.8 Å². The van der Waals surface area contributed by atoms with Crippen molar-refractivity contribution in [3.05, 3.63) is 30.3 Å². The molecule has 1 aromatic rings. The largest absolute Gasteiger partial charge is 0.394 e. The molecule has 8 rings (SSSR count). The zero-order chi connectivity index (χ0) is 51.9. The normalized spacial score (nSPS) is 51.0. The zero-order valence-corrected chi connectivity index (χ0v) is 38.7. The Kier molecular flexibility index (Phi) is 19.2. The lowest BCUT2D eigenvalue weighted by atomic mass is 9.96. The Labute approximate surface area is 413 Å². The smallest absolute Gasteiger partial charge is 0.187 e. The van der Waals surface area contributed by atoms with Crippen LogP contribution in [0.3, 0.4) is 0 Å². The zero-order valence-electron chi connectivity index (χ0n) is 37.9. The molecule has 29 nitrogen and oxygen atoms in total. The molecule has 7 heterocycles. The maximum atomic E-state index is 11.9. The van der Waals surface area contributed by atoms with Crippen LogP contribution in [-0.4, -0.2) is 310 Å².